The highest BCUT2D eigenvalue weighted by atomic mass is 16.5. The van der Waals surface area contributed by atoms with Gasteiger partial charge in [-0.3, -0.25) is 9.59 Å². The largest absolute Gasteiger partial charge is 0.478 e. The van der Waals surface area contributed by atoms with E-state index in [1.165, 1.54) is 24.7 Å². The molecule has 0 atom stereocenters. The second-order valence-electron chi connectivity index (χ2n) is 3.69. The summed E-state index contributed by atoms with van der Waals surface area (Å²) in [4.78, 5) is 30.0. The molecule has 0 radical (unpaired) electrons. The van der Waals surface area contributed by atoms with Crippen molar-refractivity contribution in [3.8, 4) is 5.88 Å². The van der Waals surface area contributed by atoms with Crippen LogP contribution in [-0.4, -0.2) is 22.5 Å². The lowest BCUT2D eigenvalue weighted by atomic mass is 10.2. The first-order valence-electron chi connectivity index (χ1n) is 5.78. The van der Waals surface area contributed by atoms with Crippen molar-refractivity contribution >= 4 is 11.6 Å². The summed E-state index contributed by atoms with van der Waals surface area (Å²) in [6.07, 6.45) is 4.30. The Kier molecular flexibility index (Phi) is 3.92. The third kappa shape index (κ3) is 3.19. The normalized spacial score (nSPS) is 9.95. The number of aromatic amines is 1. The number of anilines is 1. The molecule has 0 unspecified atom stereocenters. The van der Waals surface area contributed by atoms with Gasteiger partial charge in [0.1, 0.15) is 5.56 Å². The fourth-order valence-electron chi connectivity index (χ4n) is 1.48. The summed E-state index contributed by atoms with van der Waals surface area (Å²) in [7, 11) is 0. The van der Waals surface area contributed by atoms with E-state index in [2.05, 4.69) is 15.3 Å². The molecular formula is C13H13N3O3. The van der Waals surface area contributed by atoms with Gasteiger partial charge in [-0.25, -0.2) is 4.98 Å². The molecule has 2 heterocycles. The van der Waals surface area contributed by atoms with Gasteiger partial charge in [0.25, 0.3) is 5.91 Å². The lowest BCUT2D eigenvalue weighted by molar-refractivity contribution is 0.102. The van der Waals surface area contributed by atoms with Crippen molar-refractivity contribution in [2.45, 2.75) is 6.92 Å². The number of pyridine rings is 2. The minimum Gasteiger partial charge on any atom is -0.478 e. The van der Waals surface area contributed by atoms with Gasteiger partial charge in [0.05, 0.1) is 18.5 Å². The van der Waals surface area contributed by atoms with Crippen LogP contribution in [0.25, 0.3) is 0 Å². The summed E-state index contributed by atoms with van der Waals surface area (Å²) < 4.78 is 5.19. The van der Waals surface area contributed by atoms with Crippen LogP contribution in [0.1, 0.15) is 17.3 Å². The molecular weight excluding hydrogens is 246 g/mol. The summed E-state index contributed by atoms with van der Waals surface area (Å²) >= 11 is 0. The quantitative estimate of drug-likeness (QED) is 0.869. The van der Waals surface area contributed by atoms with E-state index in [-0.39, 0.29) is 11.0 Å². The van der Waals surface area contributed by atoms with Gasteiger partial charge in [-0.2, -0.15) is 0 Å². The maximum atomic E-state index is 11.9. The van der Waals surface area contributed by atoms with Gasteiger partial charge >= 0.3 is 0 Å². The predicted molar refractivity (Wildman–Crippen MR) is 70.4 cm³/mol. The van der Waals surface area contributed by atoms with Gasteiger partial charge in [-0.15, -0.1) is 0 Å². The van der Waals surface area contributed by atoms with Crippen molar-refractivity contribution in [3.63, 3.8) is 0 Å². The van der Waals surface area contributed by atoms with Crippen LogP contribution < -0.4 is 15.5 Å². The molecule has 0 aromatic carbocycles. The van der Waals surface area contributed by atoms with Gasteiger partial charge in [-0.1, -0.05) is 0 Å². The highest BCUT2D eigenvalue weighted by Crippen LogP contribution is 2.12. The van der Waals surface area contributed by atoms with Crippen LogP contribution in [0.3, 0.4) is 0 Å². The van der Waals surface area contributed by atoms with E-state index in [0.29, 0.717) is 18.2 Å². The summed E-state index contributed by atoms with van der Waals surface area (Å²) in [6, 6.07) is 4.60. The summed E-state index contributed by atoms with van der Waals surface area (Å²) in [5, 5.41) is 2.59. The predicted octanol–water partition coefficient (Wildman–Crippen LogP) is 1.42. The molecule has 2 aromatic rings. The maximum Gasteiger partial charge on any atom is 0.261 e. The number of hydrogen-bond acceptors (Lipinski definition) is 4. The SMILES string of the molecule is CCOc1ccc(NC(=O)c2c[nH]ccc2=O)cn1. The minimum absolute atomic E-state index is 0.0522. The summed E-state index contributed by atoms with van der Waals surface area (Å²) in [6.45, 7) is 2.39. The van der Waals surface area contributed by atoms with Gasteiger partial charge in [0.15, 0.2) is 5.43 Å². The molecule has 2 N–H and O–H groups in total. The van der Waals surface area contributed by atoms with Crippen molar-refractivity contribution in [2.24, 2.45) is 0 Å². The molecule has 0 saturated heterocycles. The zero-order valence-corrected chi connectivity index (χ0v) is 10.3. The molecule has 1 amide bonds. The number of nitrogens with zero attached hydrogens (tertiary/aromatic N) is 1. The van der Waals surface area contributed by atoms with E-state index in [1.807, 2.05) is 6.92 Å². The van der Waals surface area contributed by atoms with Crippen LogP contribution in [0.5, 0.6) is 5.88 Å². The first kappa shape index (κ1) is 12.8. The zero-order valence-electron chi connectivity index (χ0n) is 10.3. The highest BCUT2D eigenvalue weighted by molar-refractivity contribution is 6.03. The molecule has 0 bridgehead atoms. The maximum absolute atomic E-state index is 11.9. The van der Waals surface area contributed by atoms with Crippen molar-refractivity contribution in [1.29, 1.82) is 0 Å². The number of hydrogen-bond donors (Lipinski definition) is 2. The molecule has 6 heteroatoms. The lowest BCUT2D eigenvalue weighted by Crippen LogP contribution is -2.20. The van der Waals surface area contributed by atoms with Crippen LogP contribution in [0.4, 0.5) is 5.69 Å². The molecule has 0 aliphatic heterocycles. The number of rotatable bonds is 4. The third-order valence-corrected chi connectivity index (χ3v) is 2.36. The Morgan fingerprint density at radius 3 is 2.89 bits per heavy atom. The third-order valence-electron chi connectivity index (χ3n) is 2.36. The zero-order chi connectivity index (χ0) is 13.7. The lowest BCUT2D eigenvalue weighted by Gasteiger charge is -2.05. The molecule has 2 aromatic heterocycles. The van der Waals surface area contributed by atoms with Crippen molar-refractivity contribution < 1.29 is 9.53 Å². The number of amides is 1. The summed E-state index contributed by atoms with van der Waals surface area (Å²) in [5.74, 6) is 0.00543. The van der Waals surface area contributed by atoms with E-state index < -0.39 is 5.91 Å². The van der Waals surface area contributed by atoms with Crippen LogP contribution in [0.15, 0.2) is 41.6 Å². The van der Waals surface area contributed by atoms with Gasteiger partial charge in [0.2, 0.25) is 5.88 Å². The average Bonchev–Trinajstić information content (AvgIpc) is 2.42. The van der Waals surface area contributed by atoms with Gasteiger partial charge < -0.3 is 15.0 Å². The number of carbonyl (C=O) groups is 1. The van der Waals surface area contributed by atoms with Crippen molar-refractivity contribution in [3.05, 3.63) is 52.6 Å². The van der Waals surface area contributed by atoms with Gasteiger partial charge in [0, 0.05) is 24.5 Å². The first-order chi connectivity index (χ1) is 9.20. The first-order valence-corrected chi connectivity index (χ1v) is 5.78. The Morgan fingerprint density at radius 1 is 1.42 bits per heavy atom. The second-order valence-corrected chi connectivity index (χ2v) is 3.69. The van der Waals surface area contributed by atoms with Crippen molar-refractivity contribution in [1.82, 2.24) is 9.97 Å². The molecule has 98 valence electrons. The van der Waals surface area contributed by atoms with Gasteiger partial charge in [-0.05, 0) is 13.0 Å². The van der Waals surface area contributed by atoms with E-state index in [4.69, 9.17) is 4.74 Å². The van der Waals surface area contributed by atoms with E-state index in [0.717, 1.165) is 0 Å². The molecule has 0 aliphatic rings. The Balaban J connectivity index is 2.11. The Morgan fingerprint density at radius 2 is 2.26 bits per heavy atom. The number of ether oxygens (including phenoxy) is 1. The molecule has 0 saturated carbocycles. The average molecular weight is 259 g/mol. The number of aromatic nitrogens is 2. The molecule has 0 fully saturated rings. The van der Waals surface area contributed by atoms with Crippen LogP contribution in [0.2, 0.25) is 0 Å². The number of H-pyrrole nitrogens is 1. The van der Waals surface area contributed by atoms with Crippen LogP contribution in [-0.2, 0) is 0 Å². The van der Waals surface area contributed by atoms with Crippen LogP contribution in [0, 0.1) is 0 Å². The minimum atomic E-state index is -0.479. The Bertz CT molecular complexity index is 620. The topological polar surface area (TPSA) is 84.1 Å². The van der Waals surface area contributed by atoms with Crippen LogP contribution >= 0.6 is 0 Å². The smallest absolute Gasteiger partial charge is 0.261 e. The monoisotopic (exact) mass is 259 g/mol. The van der Waals surface area contributed by atoms with Crippen molar-refractivity contribution in [2.75, 3.05) is 11.9 Å². The number of nitrogens with one attached hydrogen (secondary N) is 2. The Labute approximate surface area is 109 Å². The Hall–Kier alpha value is -2.63. The number of carbonyl (C=O) groups excluding carboxylic acids is 1. The molecule has 0 aliphatic carbocycles. The standard InChI is InChI=1S/C13H13N3O3/c1-2-19-12-4-3-9(7-15-12)16-13(18)10-8-14-6-5-11(10)17/h3-8H,2H2,1H3,(H,14,17)(H,16,18). The summed E-state index contributed by atoms with van der Waals surface area (Å²) in [5.41, 5.74) is 0.211. The molecule has 0 spiro atoms. The van der Waals surface area contributed by atoms with E-state index in [1.54, 1.807) is 12.1 Å². The molecule has 2 rings (SSSR count). The highest BCUT2D eigenvalue weighted by Gasteiger charge is 2.09. The molecule has 6 nitrogen and oxygen atoms in total. The second kappa shape index (κ2) is 5.81. The molecule has 19 heavy (non-hydrogen) atoms. The van der Waals surface area contributed by atoms with E-state index >= 15 is 0 Å². The fraction of sp³-hybridized carbons (Fsp3) is 0.154. The van der Waals surface area contributed by atoms with E-state index in [9.17, 15) is 9.59 Å². The fourth-order valence-corrected chi connectivity index (χ4v) is 1.48.